The van der Waals surface area contributed by atoms with E-state index < -0.39 is 138 Å². The maximum absolute atomic E-state index is 13.1. The molecule has 0 aromatic carbocycles. The first-order valence-corrected chi connectivity index (χ1v) is 22.9. The number of ketones is 1. The molecule has 3 heterocycles. The van der Waals surface area contributed by atoms with Gasteiger partial charge >= 0.3 is 11.9 Å². The van der Waals surface area contributed by atoms with E-state index in [1.165, 1.54) is 27.9 Å². The summed E-state index contributed by atoms with van der Waals surface area (Å²) in [7, 11) is 4.58. The van der Waals surface area contributed by atoms with Crippen molar-refractivity contribution < 1.29 is 86.9 Å². The minimum Gasteiger partial charge on any atom is -0.458 e. The molecule has 0 spiro atoms. The van der Waals surface area contributed by atoms with Crippen molar-refractivity contribution in [3.63, 3.8) is 0 Å². The molecule has 22 atom stereocenters. The lowest BCUT2D eigenvalue weighted by Gasteiger charge is -2.68. The van der Waals surface area contributed by atoms with Gasteiger partial charge in [0.15, 0.2) is 18.9 Å². The molecule has 18 heteroatoms. The Hall–Kier alpha value is -2.17. The van der Waals surface area contributed by atoms with Crippen molar-refractivity contribution in [3.05, 3.63) is 11.6 Å². The van der Waals surface area contributed by atoms with Gasteiger partial charge in [-0.05, 0) is 71.6 Å². The highest BCUT2D eigenvalue weighted by Crippen LogP contribution is 2.70. The average Bonchev–Trinajstić information content (AvgIpc) is 3.52. The summed E-state index contributed by atoms with van der Waals surface area (Å²) in [6.07, 6.45) is -7.55. The van der Waals surface area contributed by atoms with Crippen LogP contribution in [0.2, 0.25) is 0 Å². The van der Waals surface area contributed by atoms with Crippen LogP contribution in [0.3, 0.4) is 0 Å². The molecule has 7 rings (SSSR count). The molecule has 18 nitrogen and oxygen atoms in total. The Bertz CT molecular complexity index is 1740. The normalized spacial score (nSPS) is 50.3. The number of esters is 2. The maximum atomic E-state index is 13.1. The van der Waals surface area contributed by atoms with Gasteiger partial charge in [-0.1, -0.05) is 25.5 Å². The number of rotatable bonds is 12. The lowest BCUT2D eigenvalue weighted by molar-refractivity contribution is -0.352. The molecule has 3 saturated carbocycles. The van der Waals surface area contributed by atoms with Crippen LogP contribution in [0.1, 0.15) is 107 Å². The summed E-state index contributed by atoms with van der Waals surface area (Å²) in [5.74, 6) is -3.10. The topological polar surface area (TPSA) is 234 Å². The van der Waals surface area contributed by atoms with E-state index in [-0.39, 0.29) is 31.1 Å². The Morgan fingerprint density at radius 2 is 1.30 bits per heavy atom. The summed E-state index contributed by atoms with van der Waals surface area (Å²) in [5, 5.41) is 47.1. The van der Waals surface area contributed by atoms with Crippen molar-refractivity contribution >= 4 is 17.7 Å². The number of ether oxygens (including phenoxy) is 11. The third kappa shape index (κ3) is 8.31. The SMILES string of the molecule is COC1CC(OC2CCC3(C)C(=CCC4(O)C3C(OC(C)=O)C(OC(C)=O)C3(C)C(C(C)=O)CCC43O)C2)OC(C)C1OC1CC(OC)C(OC2OC(C)C(O)C(OC)C2O)C(C)O1. The zero-order chi connectivity index (χ0) is 46.8. The number of hydrogen-bond acceptors (Lipinski definition) is 18. The molecule has 22 unspecified atom stereocenters. The summed E-state index contributed by atoms with van der Waals surface area (Å²) in [6, 6.07) is 0. The number of methoxy groups -OCH3 is 3. The number of aliphatic hydroxyl groups is 4. The largest absolute Gasteiger partial charge is 0.458 e. The number of carbonyl (C=O) groups excluding carboxylic acids is 3. The second-order valence-electron chi connectivity index (χ2n) is 19.9. The number of hydrogen-bond donors (Lipinski definition) is 4. The van der Waals surface area contributed by atoms with Crippen LogP contribution in [0.4, 0.5) is 0 Å². The highest BCUT2D eigenvalue weighted by Gasteiger charge is 2.80. The molecule has 0 aromatic rings. The van der Waals surface area contributed by atoms with Gasteiger partial charge in [-0.15, -0.1) is 0 Å². The second-order valence-corrected chi connectivity index (χ2v) is 19.9. The van der Waals surface area contributed by atoms with Gasteiger partial charge in [-0.3, -0.25) is 14.4 Å². The predicted molar refractivity (Wildman–Crippen MR) is 222 cm³/mol. The van der Waals surface area contributed by atoms with Gasteiger partial charge in [-0.25, -0.2) is 0 Å². The van der Waals surface area contributed by atoms with Crippen LogP contribution in [0, 0.1) is 22.7 Å². The van der Waals surface area contributed by atoms with Crippen LogP contribution in [0.5, 0.6) is 0 Å². The molecule has 6 fully saturated rings. The van der Waals surface area contributed by atoms with E-state index in [4.69, 9.17) is 52.1 Å². The Morgan fingerprint density at radius 1 is 0.703 bits per heavy atom. The average molecular weight is 913 g/mol. The molecule has 4 aliphatic carbocycles. The van der Waals surface area contributed by atoms with Crippen LogP contribution in [-0.4, -0.2) is 169 Å². The zero-order valence-corrected chi connectivity index (χ0v) is 39.1. The Labute approximate surface area is 375 Å². The molecular weight excluding hydrogens is 840 g/mol. The summed E-state index contributed by atoms with van der Waals surface area (Å²) < 4.78 is 67.3. The molecule has 3 aliphatic heterocycles. The fourth-order valence-corrected chi connectivity index (χ4v) is 13.1. The molecule has 0 aromatic heterocycles. The van der Waals surface area contributed by atoms with E-state index >= 15 is 0 Å². The minimum atomic E-state index is -1.84. The van der Waals surface area contributed by atoms with Gasteiger partial charge < -0.3 is 72.5 Å². The maximum Gasteiger partial charge on any atom is 0.303 e. The number of fused-ring (bicyclic) bond motifs is 5. The van der Waals surface area contributed by atoms with Crippen molar-refractivity contribution in [1.29, 1.82) is 0 Å². The molecule has 364 valence electrons. The van der Waals surface area contributed by atoms with Gasteiger partial charge in [0.2, 0.25) is 0 Å². The molecule has 4 N–H and O–H groups in total. The molecule has 0 amide bonds. The molecular formula is C46H72O18. The van der Waals surface area contributed by atoms with E-state index in [0.717, 1.165) is 5.57 Å². The highest BCUT2D eigenvalue weighted by atomic mass is 16.8. The van der Waals surface area contributed by atoms with E-state index in [1.807, 2.05) is 26.8 Å². The lowest BCUT2D eigenvalue weighted by Crippen LogP contribution is -2.80. The molecule has 3 saturated heterocycles. The van der Waals surface area contributed by atoms with Crippen LogP contribution in [-0.2, 0) is 66.5 Å². The first-order valence-electron chi connectivity index (χ1n) is 22.9. The molecule has 0 bridgehead atoms. The molecule has 64 heavy (non-hydrogen) atoms. The van der Waals surface area contributed by atoms with Gasteiger partial charge in [0, 0.05) is 65.3 Å². The van der Waals surface area contributed by atoms with Crippen LogP contribution in [0.25, 0.3) is 0 Å². The third-order valence-corrected chi connectivity index (χ3v) is 16.3. The smallest absolute Gasteiger partial charge is 0.303 e. The van der Waals surface area contributed by atoms with Crippen molar-refractivity contribution in [1.82, 2.24) is 0 Å². The van der Waals surface area contributed by atoms with Gasteiger partial charge in [-0.2, -0.15) is 0 Å². The van der Waals surface area contributed by atoms with Crippen molar-refractivity contribution in [2.75, 3.05) is 21.3 Å². The Morgan fingerprint density at radius 3 is 1.86 bits per heavy atom. The van der Waals surface area contributed by atoms with Crippen LogP contribution >= 0.6 is 0 Å². The first kappa shape index (κ1) is 49.7. The summed E-state index contributed by atoms with van der Waals surface area (Å²) in [6.45, 7) is 13.0. The fraction of sp³-hybridized carbons (Fsp3) is 0.891. The van der Waals surface area contributed by atoms with E-state index in [0.29, 0.717) is 32.1 Å². The quantitative estimate of drug-likeness (QED) is 0.163. The number of aliphatic hydroxyl groups excluding tert-OH is 2. The first-order chi connectivity index (χ1) is 30.1. The monoisotopic (exact) mass is 912 g/mol. The van der Waals surface area contributed by atoms with Crippen molar-refractivity contribution in [2.45, 2.75) is 216 Å². The third-order valence-electron chi connectivity index (χ3n) is 16.3. The number of carbonyl (C=O) groups is 3. The zero-order valence-electron chi connectivity index (χ0n) is 39.1. The molecule has 7 aliphatic rings. The highest BCUT2D eigenvalue weighted by molar-refractivity contribution is 5.80. The van der Waals surface area contributed by atoms with Gasteiger partial charge in [0.1, 0.15) is 59.7 Å². The van der Waals surface area contributed by atoms with Crippen LogP contribution < -0.4 is 0 Å². The summed E-state index contributed by atoms with van der Waals surface area (Å²) >= 11 is 0. The van der Waals surface area contributed by atoms with E-state index in [9.17, 15) is 34.8 Å². The Balaban J connectivity index is 1.03. The predicted octanol–water partition coefficient (Wildman–Crippen LogP) is 2.40. The second kappa shape index (κ2) is 18.7. The standard InChI is InChI=1S/C46H72O18/c1-21(47)29-14-17-46(53)44(29,8)41(61-26(6)49)39(60-25(5)48)40-43(7)15-13-28(18-27(43)12-16-45(40,46)52)62-32-19-30(54-9)36(23(3)57-32)63-33-20-31(55-10)37(24(4)58-33)64-42-35(51)38(56-11)34(50)22(2)59-42/h12,22-24,28-42,50-53H,13-20H2,1-11H3. The Kier molecular flexibility index (Phi) is 14.6. The van der Waals surface area contributed by atoms with Crippen LogP contribution in [0.15, 0.2) is 11.6 Å². The van der Waals surface area contributed by atoms with E-state index in [2.05, 4.69) is 0 Å². The van der Waals surface area contributed by atoms with Gasteiger partial charge in [0.05, 0.1) is 36.6 Å². The lowest BCUT2D eigenvalue weighted by atomic mass is 9.42. The fourth-order valence-electron chi connectivity index (χ4n) is 13.1. The minimum absolute atomic E-state index is 0.0326. The summed E-state index contributed by atoms with van der Waals surface area (Å²) in [4.78, 5) is 38.7. The van der Waals surface area contributed by atoms with Crippen molar-refractivity contribution in [3.8, 4) is 0 Å². The number of Topliss-reactive ketones (excluding diaryl/α,β-unsaturated/α-hetero) is 1. The summed E-state index contributed by atoms with van der Waals surface area (Å²) in [5.41, 5.74) is -4.96. The molecule has 0 radical (unpaired) electrons. The van der Waals surface area contributed by atoms with E-state index in [1.54, 1.807) is 28.1 Å². The van der Waals surface area contributed by atoms with Gasteiger partial charge in [0.25, 0.3) is 0 Å². The van der Waals surface area contributed by atoms with Crippen molar-refractivity contribution in [2.24, 2.45) is 22.7 Å².